The molecule has 0 saturated heterocycles. The van der Waals surface area contributed by atoms with Crippen LogP contribution in [0.15, 0.2) is 27.1 Å². The van der Waals surface area contributed by atoms with Gasteiger partial charge in [-0.05, 0) is 65.8 Å². The summed E-state index contributed by atoms with van der Waals surface area (Å²) in [6.45, 7) is 3.85. The van der Waals surface area contributed by atoms with E-state index in [0.717, 1.165) is 25.1 Å². The number of esters is 1. The summed E-state index contributed by atoms with van der Waals surface area (Å²) < 4.78 is 6.70. The maximum atomic E-state index is 12.0. The fourth-order valence-corrected chi connectivity index (χ4v) is 4.39. The third-order valence-electron chi connectivity index (χ3n) is 3.18. The lowest BCUT2D eigenvalue weighted by Crippen LogP contribution is -2.20. The highest BCUT2D eigenvalue weighted by Gasteiger charge is 2.20. The molecular weight excluding hydrogens is 464 g/mol. The second kappa shape index (κ2) is 7.74. The largest absolute Gasteiger partial charge is 0.465 e. The molecule has 0 radical (unpaired) electrons. The van der Waals surface area contributed by atoms with Crippen molar-refractivity contribution in [1.82, 2.24) is 0 Å². The van der Waals surface area contributed by atoms with E-state index in [4.69, 9.17) is 17.0 Å². The number of anilines is 2. The van der Waals surface area contributed by atoms with Crippen molar-refractivity contribution in [3.63, 3.8) is 0 Å². The summed E-state index contributed by atoms with van der Waals surface area (Å²) in [4.78, 5) is 13.0. The smallest absolute Gasteiger partial charge is 0.341 e. The zero-order chi connectivity index (χ0) is 17.1. The van der Waals surface area contributed by atoms with Gasteiger partial charge in [-0.3, -0.25) is 0 Å². The molecule has 0 aliphatic carbocycles. The summed E-state index contributed by atoms with van der Waals surface area (Å²) >= 11 is 13.7. The van der Waals surface area contributed by atoms with E-state index in [1.807, 2.05) is 32.0 Å². The molecule has 0 bridgehead atoms. The van der Waals surface area contributed by atoms with Gasteiger partial charge in [0.25, 0.3) is 0 Å². The van der Waals surface area contributed by atoms with Gasteiger partial charge in [0.15, 0.2) is 5.11 Å². The van der Waals surface area contributed by atoms with Crippen molar-refractivity contribution in [3.8, 4) is 0 Å². The molecule has 122 valence electrons. The van der Waals surface area contributed by atoms with Crippen molar-refractivity contribution < 1.29 is 9.53 Å². The van der Waals surface area contributed by atoms with E-state index < -0.39 is 0 Å². The Balaban J connectivity index is 2.20. The summed E-state index contributed by atoms with van der Waals surface area (Å²) in [5.74, 6) is -0.373. The van der Waals surface area contributed by atoms with Gasteiger partial charge in [0.2, 0.25) is 0 Å². The molecule has 0 amide bonds. The standard InChI is InChI=1S/C15H14Br2N2O2S2/c1-7-8(2)23-13(12(7)14(20)21-3)19-15(22)18-11-5-4-9(16)6-10(11)17/h4-6H,1-3H3,(H2,18,19,22). The molecule has 1 aromatic heterocycles. The normalized spacial score (nSPS) is 10.3. The number of methoxy groups -OCH3 is 1. The summed E-state index contributed by atoms with van der Waals surface area (Å²) in [5, 5.41) is 7.27. The maximum Gasteiger partial charge on any atom is 0.341 e. The number of halogens is 2. The van der Waals surface area contributed by atoms with Gasteiger partial charge in [-0.1, -0.05) is 15.9 Å². The molecule has 4 nitrogen and oxygen atoms in total. The highest BCUT2D eigenvalue weighted by atomic mass is 79.9. The average Bonchev–Trinajstić information content (AvgIpc) is 2.76. The Morgan fingerprint density at radius 3 is 2.57 bits per heavy atom. The van der Waals surface area contributed by atoms with E-state index in [1.165, 1.54) is 18.4 Å². The highest BCUT2D eigenvalue weighted by Crippen LogP contribution is 2.33. The molecule has 0 fully saturated rings. The number of aryl methyl sites for hydroxylation is 1. The van der Waals surface area contributed by atoms with Crippen molar-refractivity contribution >= 4 is 77.2 Å². The Kier molecular flexibility index (Phi) is 6.19. The van der Waals surface area contributed by atoms with Gasteiger partial charge in [0.05, 0.1) is 18.4 Å². The predicted molar refractivity (Wildman–Crippen MR) is 107 cm³/mol. The van der Waals surface area contributed by atoms with Gasteiger partial charge >= 0.3 is 5.97 Å². The highest BCUT2D eigenvalue weighted by molar-refractivity contribution is 9.11. The van der Waals surface area contributed by atoms with Crippen molar-refractivity contribution in [2.75, 3.05) is 17.7 Å². The van der Waals surface area contributed by atoms with Crippen molar-refractivity contribution in [3.05, 3.63) is 43.1 Å². The Labute approximate surface area is 160 Å². The summed E-state index contributed by atoms with van der Waals surface area (Å²) in [6, 6.07) is 5.73. The summed E-state index contributed by atoms with van der Waals surface area (Å²) in [5.41, 5.74) is 2.25. The van der Waals surface area contributed by atoms with E-state index in [1.54, 1.807) is 0 Å². The molecule has 0 spiro atoms. The third-order valence-corrected chi connectivity index (χ3v) is 5.66. The zero-order valence-corrected chi connectivity index (χ0v) is 17.4. The maximum absolute atomic E-state index is 12.0. The number of thiocarbonyl (C=S) groups is 1. The van der Waals surface area contributed by atoms with Crippen LogP contribution in [0.3, 0.4) is 0 Å². The Morgan fingerprint density at radius 1 is 1.26 bits per heavy atom. The number of ether oxygens (including phenoxy) is 1. The monoisotopic (exact) mass is 476 g/mol. The fraction of sp³-hybridized carbons (Fsp3) is 0.200. The Hall–Kier alpha value is -0.960. The molecule has 0 atom stereocenters. The van der Waals surface area contributed by atoms with Crippen LogP contribution < -0.4 is 10.6 Å². The second-order valence-electron chi connectivity index (χ2n) is 4.68. The zero-order valence-electron chi connectivity index (χ0n) is 12.6. The van der Waals surface area contributed by atoms with Crippen LogP contribution in [0, 0.1) is 13.8 Å². The van der Waals surface area contributed by atoms with E-state index in [0.29, 0.717) is 15.7 Å². The second-order valence-corrected chi connectivity index (χ2v) is 8.09. The Morgan fingerprint density at radius 2 is 1.96 bits per heavy atom. The van der Waals surface area contributed by atoms with Crippen LogP contribution in [0.1, 0.15) is 20.8 Å². The molecule has 2 N–H and O–H groups in total. The molecule has 0 aliphatic heterocycles. The van der Waals surface area contributed by atoms with Gasteiger partial charge in [-0.15, -0.1) is 11.3 Å². The molecule has 1 heterocycles. The molecule has 0 aliphatic rings. The van der Waals surface area contributed by atoms with Gasteiger partial charge < -0.3 is 15.4 Å². The number of rotatable bonds is 3. The first-order valence-electron chi connectivity index (χ1n) is 6.54. The minimum absolute atomic E-state index is 0.373. The number of hydrogen-bond acceptors (Lipinski definition) is 4. The van der Waals surface area contributed by atoms with Gasteiger partial charge in [0.1, 0.15) is 5.00 Å². The summed E-state index contributed by atoms with van der Waals surface area (Å²) in [6.07, 6.45) is 0. The average molecular weight is 478 g/mol. The van der Waals surface area contributed by atoms with Crippen molar-refractivity contribution in [1.29, 1.82) is 0 Å². The lowest BCUT2D eigenvalue weighted by atomic mass is 10.1. The Bertz CT molecular complexity index is 775. The molecule has 0 saturated carbocycles. The number of carbonyl (C=O) groups is 1. The predicted octanol–water partition coefficient (Wildman–Crippen LogP) is 5.49. The molecule has 2 rings (SSSR count). The fourth-order valence-electron chi connectivity index (χ4n) is 1.91. The minimum atomic E-state index is -0.373. The molecule has 2 aromatic rings. The van der Waals surface area contributed by atoms with E-state index in [-0.39, 0.29) is 5.97 Å². The topological polar surface area (TPSA) is 50.4 Å². The number of benzene rings is 1. The van der Waals surface area contributed by atoms with Crippen LogP contribution in [0.2, 0.25) is 0 Å². The van der Waals surface area contributed by atoms with Crippen molar-refractivity contribution in [2.45, 2.75) is 13.8 Å². The van der Waals surface area contributed by atoms with Crippen LogP contribution in [0.4, 0.5) is 10.7 Å². The van der Waals surface area contributed by atoms with Crippen LogP contribution in [0.25, 0.3) is 0 Å². The van der Waals surface area contributed by atoms with E-state index >= 15 is 0 Å². The number of carbonyl (C=O) groups excluding carboxylic acids is 1. The SMILES string of the molecule is COC(=O)c1c(NC(=S)Nc2ccc(Br)cc2Br)sc(C)c1C. The lowest BCUT2D eigenvalue weighted by molar-refractivity contribution is 0.0601. The lowest BCUT2D eigenvalue weighted by Gasteiger charge is -2.12. The van der Waals surface area contributed by atoms with Crippen LogP contribution in [0.5, 0.6) is 0 Å². The minimum Gasteiger partial charge on any atom is -0.465 e. The quantitative estimate of drug-likeness (QED) is 0.452. The number of thiophene rings is 1. The molecular formula is C15H14Br2N2O2S2. The number of hydrogen-bond donors (Lipinski definition) is 2. The molecule has 0 unspecified atom stereocenters. The van der Waals surface area contributed by atoms with Gasteiger partial charge in [-0.25, -0.2) is 4.79 Å². The first-order chi connectivity index (χ1) is 10.8. The van der Waals surface area contributed by atoms with Gasteiger partial charge in [0, 0.05) is 13.8 Å². The third kappa shape index (κ3) is 4.32. The molecule has 1 aromatic carbocycles. The molecule has 8 heteroatoms. The first-order valence-corrected chi connectivity index (χ1v) is 9.36. The summed E-state index contributed by atoms with van der Waals surface area (Å²) in [7, 11) is 1.37. The van der Waals surface area contributed by atoms with Gasteiger partial charge in [-0.2, -0.15) is 0 Å². The van der Waals surface area contributed by atoms with Crippen LogP contribution in [-0.2, 0) is 4.74 Å². The van der Waals surface area contributed by atoms with Crippen LogP contribution >= 0.6 is 55.4 Å². The molecule has 23 heavy (non-hydrogen) atoms. The first kappa shape index (κ1) is 18.4. The van der Waals surface area contributed by atoms with Crippen molar-refractivity contribution in [2.24, 2.45) is 0 Å². The van der Waals surface area contributed by atoms with Crippen LogP contribution in [-0.4, -0.2) is 18.2 Å². The van der Waals surface area contributed by atoms with E-state index in [2.05, 4.69) is 42.5 Å². The van der Waals surface area contributed by atoms with E-state index in [9.17, 15) is 4.79 Å². The number of nitrogens with one attached hydrogen (secondary N) is 2.